The molecule has 25 heavy (non-hydrogen) atoms. The first-order valence-electron chi connectivity index (χ1n) is 7.79. The number of nitrogens with two attached hydrogens (primary N) is 1. The van der Waals surface area contributed by atoms with Crippen LogP contribution < -0.4 is 5.73 Å². The molecule has 0 spiro atoms. The molecule has 0 unspecified atom stereocenters. The number of aromatic nitrogens is 1. The predicted octanol–water partition coefficient (Wildman–Crippen LogP) is 3.92. The molecule has 0 aliphatic carbocycles. The molecule has 0 atom stereocenters. The highest BCUT2D eigenvalue weighted by atomic mass is 35.5. The summed E-state index contributed by atoms with van der Waals surface area (Å²) in [6.07, 6.45) is 0. The predicted molar refractivity (Wildman–Crippen MR) is 100 cm³/mol. The smallest absolute Gasteiger partial charge is 0.359 e. The van der Waals surface area contributed by atoms with Gasteiger partial charge in [-0.25, -0.2) is 9.78 Å². The number of nitrogen functional groups attached to an aromatic ring is 1. The van der Waals surface area contributed by atoms with Gasteiger partial charge in [-0.3, -0.25) is 4.79 Å². The summed E-state index contributed by atoms with van der Waals surface area (Å²) < 4.78 is 5.03. The number of pyridine rings is 1. The van der Waals surface area contributed by atoms with Gasteiger partial charge in [-0.1, -0.05) is 62.5 Å². The quantitative estimate of drug-likeness (QED) is 0.544. The number of carbonyl (C=O) groups is 2. The Bertz CT molecular complexity index is 641. The Morgan fingerprint density at radius 3 is 2.08 bits per heavy atom. The van der Waals surface area contributed by atoms with E-state index in [4.69, 9.17) is 45.3 Å². The van der Waals surface area contributed by atoms with Gasteiger partial charge < -0.3 is 15.4 Å². The van der Waals surface area contributed by atoms with Crippen molar-refractivity contribution >= 4 is 52.4 Å². The number of hydrogen-bond donors (Lipinski definition) is 1. The Labute approximate surface area is 162 Å². The minimum atomic E-state index is -0.891. The summed E-state index contributed by atoms with van der Waals surface area (Å²) in [6.45, 7) is 8.77. The van der Waals surface area contributed by atoms with Crippen LogP contribution in [0.25, 0.3) is 0 Å². The summed E-state index contributed by atoms with van der Waals surface area (Å²) in [7, 11) is 0. The van der Waals surface area contributed by atoms with Gasteiger partial charge in [-0.2, -0.15) is 0 Å². The second-order valence-corrected chi connectivity index (χ2v) is 7.57. The number of carbonyl (C=O) groups excluding carboxylic acids is 2. The van der Waals surface area contributed by atoms with Crippen molar-refractivity contribution in [1.82, 2.24) is 9.88 Å². The Kier molecular flexibility index (Phi) is 8.25. The summed E-state index contributed by atoms with van der Waals surface area (Å²) in [5.41, 5.74) is 5.32. The van der Waals surface area contributed by atoms with E-state index >= 15 is 0 Å². The molecule has 0 saturated heterocycles. The zero-order valence-electron chi connectivity index (χ0n) is 14.6. The van der Waals surface area contributed by atoms with Gasteiger partial charge in [-0.15, -0.1) is 0 Å². The lowest BCUT2D eigenvalue weighted by Gasteiger charge is -2.26. The second-order valence-electron chi connectivity index (χ2n) is 6.46. The molecule has 0 bridgehead atoms. The second kappa shape index (κ2) is 9.46. The molecule has 6 nitrogen and oxygen atoms in total. The zero-order chi connectivity index (χ0) is 19.3. The first-order valence-corrected chi connectivity index (χ1v) is 8.92. The summed E-state index contributed by atoms with van der Waals surface area (Å²) in [5.74, 6) is -0.591. The summed E-state index contributed by atoms with van der Waals surface area (Å²) in [4.78, 5) is 29.9. The Morgan fingerprint density at radius 1 is 1.08 bits per heavy atom. The third-order valence-electron chi connectivity index (χ3n) is 3.12. The molecular formula is C16H22Cl3N3O3. The normalized spacial score (nSPS) is 11.1. The number of amides is 1. The van der Waals surface area contributed by atoms with Crippen molar-refractivity contribution in [2.45, 2.75) is 27.7 Å². The summed E-state index contributed by atoms with van der Waals surface area (Å²) in [6, 6.07) is 0. The zero-order valence-corrected chi connectivity index (χ0v) is 16.9. The molecule has 1 aromatic heterocycles. The average molecular weight is 411 g/mol. The first-order chi connectivity index (χ1) is 11.5. The largest absolute Gasteiger partial charge is 0.451 e. The van der Waals surface area contributed by atoms with Crippen LogP contribution >= 0.6 is 34.8 Å². The maximum Gasteiger partial charge on any atom is 0.359 e. The van der Waals surface area contributed by atoms with Crippen molar-refractivity contribution in [3.63, 3.8) is 0 Å². The lowest BCUT2D eigenvalue weighted by molar-refractivity contribution is -0.135. The van der Waals surface area contributed by atoms with E-state index in [9.17, 15) is 9.59 Å². The van der Waals surface area contributed by atoms with Crippen molar-refractivity contribution < 1.29 is 14.3 Å². The van der Waals surface area contributed by atoms with Crippen LogP contribution in [0.3, 0.4) is 0 Å². The van der Waals surface area contributed by atoms with Gasteiger partial charge in [0.25, 0.3) is 5.91 Å². The van der Waals surface area contributed by atoms with Gasteiger partial charge in [-0.05, 0) is 11.8 Å². The molecule has 0 aliphatic heterocycles. The van der Waals surface area contributed by atoms with Gasteiger partial charge in [0, 0.05) is 13.1 Å². The molecule has 2 N–H and O–H groups in total. The maximum absolute atomic E-state index is 12.3. The molecule has 0 aromatic carbocycles. The maximum atomic E-state index is 12.3. The lowest BCUT2D eigenvalue weighted by atomic mass is 10.1. The van der Waals surface area contributed by atoms with E-state index in [0.717, 1.165) is 0 Å². The fourth-order valence-electron chi connectivity index (χ4n) is 2.11. The van der Waals surface area contributed by atoms with Crippen LogP contribution in [0.2, 0.25) is 15.2 Å². The number of rotatable bonds is 7. The lowest BCUT2D eigenvalue weighted by Crippen LogP contribution is -2.39. The molecule has 1 heterocycles. The third-order valence-corrected chi connectivity index (χ3v) is 4.25. The van der Waals surface area contributed by atoms with Crippen molar-refractivity contribution in [2.24, 2.45) is 11.8 Å². The monoisotopic (exact) mass is 409 g/mol. The minimum absolute atomic E-state index is 0.0423. The van der Waals surface area contributed by atoms with Gasteiger partial charge in [0.15, 0.2) is 17.5 Å². The summed E-state index contributed by atoms with van der Waals surface area (Å²) in [5, 5.41) is -0.365. The molecule has 1 aromatic rings. The minimum Gasteiger partial charge on any atom is -0.451 e. The number of ether oxygens (including phenoxy) is 1. The molecule has 1 rings (SSSR count). The number of nitrogens with zero attached hydrogens (tertiary/aromatic N) is 2. The molecular weight excluding hydrogens is 389 g/mol. The highest BCUT2D eigenvalue weighted by molar-refractivity contribution is 6.46. The van der Waals surface area contributed by atoms with Crippen LogP contribution in [0.5, 0.6) is 0 Å². The number of anilines is 1. The van der Waals surface area contributed by atoms with E-state index in [0.29, 0.717) is 24.9 Å². The molecule has 1 amide bonds. The first kappa shape index (κ1) is 21.8. The standard InChI is InChI=1S/C16H22Cl3N3O3/c1-8(2)5-22(6-9(3)4)10(23)7-25-16(24)14-11(17)13(20)12(18)15(19)21-14/h8-9H,5-7H2,1-4H3,(H2,20,21). The highest BCUT2D eigenvalue weighted by Crippen LogP contribution is 2.34. The number of hydrogen-bond acceptors (Lipinski definition) is 5. The van der Waals surface area contributed by atoms with Crippen LogP contribution in [0, 0.1) is 11.8 Å². The van der Waals surface area contributed by atoms with Gasteiger partial charge >= 0.3 is 5.97 Å². The number of esters is 1. The van der Waals surface area contributed by atoms with Crippen molar-refractivity contribution in [1.29, 1.82) is 0 Å². The van der Waals surface area contributed by atoms with Crippen LogP contribution in [0.1, 0.15) is 38.2 Å². The molecule has 0 fully saturated rings. The molecule has 0 aliphatic rings. The van der Waals surface area contributed by atoms with E-state index in [1.165, 1.54) is 0 Å². The van der Waals surface area contributed by atoms with Crippen LogP contribution in [-0.2, 0) is 9.53 Å². The third kappa shape index (κ3) is 6.20. The number of halogens is 3. The Hall–Kier alpha value is -1.24. The molecule has 0 radical (unpaired) electrons. The topological polar surface area (TPSA) is 85.5 Å². The van der Waals surface area contributed by atoms with Gasteiger partial charge in [0.05, 0.1) is 10.7 Å². The Balaban J connectivity index is 2.82. The van der Waals surface area contributed by atoms with E-state index in [-0.39, 0.29) is 32.5 Å². The van der Waals surface area contributed by atoms with Crippen molar-refractivity contribution in [3.8, 4) is 0 Å². The van der Waals surface area contributed by atoms with E-state index in [2.05, 4.69) is 4.98 Å². The summed E-state index contributed by atoms with van der Waals surface area (Å²) >= 11 is 17.6. The van der Waals surface area contributed by atoms with E-state index in [1.54, 1.807) is 4.90 Å². The fourth-order valence-corrected chi connectivity index (χ4v) is 2.70. The van der Waals surface area contributed by atoms with Crippen LogP contribution in [0.4, 0.5) is 5.69 Å². The van der Waals surface area contributed by atoms with Crippen LogP contribution in [0.15, 0.2) is 0 Å². The van der Waals surface area contributed by atoms with Crippen molar-refractivity contribution in [3.05, 3.63) is 20.9 Å². The molecule has 140 valence electrons. The van der Waals surface area contributed by atoms with Gasteiger partial charge in [0.1, 0.15) is 5.02 Å². The highest BCUT2D eigenvalue weighted by Gasteiger charge is 2.23. The van der Waals surface area contributed by atoms with Crippen LogP contribution in [-0.4, -0.2) is 41.5 Å². The SMILES string of the molecule is CC(C)CN(CC(C)C)C(=O)COC(=O)c1nc(Cl)c(Cl)c(N)c1Cl. The molecule has 9 heteroatoms. The fraction of sp³-hybridized carbons (Fsp3) is 0.562. The van der Waals surface area contributed by atoms with Gasteiger partial charge in [0.2, 0.25) is 0 Å². The Morgan fingerprint density at radius 2 is 1.60 bits per heavy atom. The van der Waals surface area contributed by atoms with Crippen molar-refractivity contribution in [2.75, 3.05) is 25.4 Å². The van der Waals surface area contributed by atoms with E-state index in [1.807, 2.05) is 27.7 Å². The molecule has 0 saturated carbocycles. The average Bonchev–Trinajstić information content (AvgIpc) is 2.52. The van der Waals surface area contributed by atoms with E-state index < -0.39 is 12.6 Å².